The maximum absolute atomic E-state index is 11.7. The van der Waals surface area contributed by atoms with E-state index < -0.39 is 35.7 Å². The Bertz CT molecular complexity index is 567. The highest BCUT2D eigenvalue weighted by atomic mass is 16.5. The highest BCUT2D eigenvalue weighted by Gasteiger charge is 2.42. The number of aromatic nitrogens is 2. The number of nitrogens with one attached hydrogen (secondary N) is 1. The third-order valence-corrected chi connectivity index (χ3v) is 3.04. The molecule has 1 aromatic rings. The van der Waals surface area contributed by atoms with Crippen molar-refractivity contribution in [3.63, 3.8) is 0 Å². The fraction of sp³-hybridized carbons (Fsp3) is 0.600. The van der Waals surface area contributed by atoms with Gasteiger partial charge < -0.3 is 25.4 Å². The van der Waals surface area contributed by atoms with Gasteiger partial charge in [0.1, 0.15) is 12.2 Å². The van der Waals surface area contributed by atoms with Crippen LogP contribution in [0.4, 0.5) is 0 Å². The molecule has 0 saturated carbocycles. The van der Waals surface area contributed by atoms with Crippen molar-refractivity contribution in [2.45, 2.75) is 24.5 Å². The topological polar surface area (TPSA) is 140 Å². The van der Waals surface area contributed by atoms with Crippen LogP contribution in [0.15, 0.2) is 15.8 Å². The van der Waals surface area contributed by atoms with Gasteiger partial charge in [0.05, 0.1) is 26.0 Å². The summed E-state index contributed by atoms with van der Waals surface area (Å²) in [5.41, 5.74) is 4.21. The quantitative estimate of drug-likeness (QED) is 0.464. The van der Waals surface area contributed by atoms with E-state index in [0.29, 0.717) is 0 Å². The summed E-state index contributed by atoms with van der Waals surface area (Å²) in [5, 5.41) is 19.0. The van der Waals surface area contributed by atoms with Gasteiger partial charge in [-0.2, -0.15) is 0 Å². The lowest BCUT2D eigenvalue weighted by atomic mass is 10.1. The zero-order valence-corrected chi connectivity index (χ0v) is 10.1. The number of aliphatic hydroxyl groups excluding tert-OH is 2. The van der Waals surface area contributed by atoms with E-state index in [1.807, 2.05) is 4.98 Å². The van der Waals surface area contributed by atoms with E-state index >= 15 is 0 Å². The van der Waals surface area contributed by atoms with Crippen molar-refractivity contribution in [3.05, 3.63) is 27.0 Å². The van der Waals surface area contributed by atoms with Gasteiger partial charge in [-0.1, -0.05) is 0 Å². The molecule has 2 rings (SSSR count). The molecule has 1 aliphatic rings. The van der Waals surface area contributed by atoms with Gasteiger partial charge in [-0.25, -0.2) is 4.79 Å². The van der Waals surface area contributed by atoms with Gasteiger partial charge in [-0.05, 0) is 0 Å². The molecule has 9 heteroatoms. The molecule has 1 aliphatic heterocycles. The molecule has 1 saturated heterocycles. The normalized spacial score (nSPS) is 30.5. The minimum absolute atomic E-state index is 0.101. The molecule has 0 amide bonds. The Hall–Kier alpha value is -1.68. The van der Waals surface area contributed by atoms with Crippen molar-refractivity contribution in [2.75, 3.05) is 13.7 Å². The number of H-pyrrole nitrogens is 1. The number of rotatable bonds is 3. The molecule has 0 radical (unpaired) electrons. The number of aromatic amines is 1. The Balaban J connectivity index is 2.43. The Morgan fingerprint density at radius 1 is 1.58 bits per heavy atom. The van der Waals surface area contributed by atoms with Crippen LogP contribution in [0.2, 0.25) is 0 Å². The number of ether oxygens (including phenoxy) is 2. The van der Waals surface area contributed by atoms with Crippen LogP contribution in [0.5, 0.6) is 5.75 Å². The third kappa shape index (κ3) is 2.28. The van der Waals surface area contributed by atoms with Gasteiger partial charge in [0.2, 0.25) is 5.75 Å². The van der Waals surface area contributed by atoms with Crippen LogP contribution in [0, 0.1) is 0 Å². The second-order valence-electron chi connectivity index (χ2n) is 4.18. The highest BCUT2D eigenvalue weighted by molar-refractivity contribution is 5.12. The van der Waals surface area contributed by atoms with Crippen molar-refractivity contribution in [1.82, 2.24) is 9.55 Å². The van der Waals surface area contributed by atoms with Gasteiger partial charge in [-0.3, -0.25) is 14.3 Å². The smallest absolute Gasteiger partial charge is 0.330 e. The van der Waals surface area contributed by atoms with E-state index in [9.17, 15) is 14.7 Å². The molecule has 0 aromatic carbocycles. The van der Waals surface area contributed by atoms with E-state index in [4.69, 9.17) is 20.3 Å². The molecule has 4 atom stereocenters. The van der Waals surface area contributed by atoms with E-state index in [1.54, 1.807) is 0 Å². The number of nitrogens with two attached hydrogens (primary N) is 1. The molecule has 2 heterocycles. The van der Waals surface area contributed by atoms with Gasteiger partial charge >= 0.3 is 5.69 Å². The fourth-order valence-electron chi connectivity index (χ4n) is 1.96. The standard InChI is InChI=1S/C10H15N3O6/c1-18-4-2-13(10(17)12-8(4)16)9-7(15)6(11)5(3-14)19-9/h2,5-7,9,14-15H,3,11H2,1H3,(H,12,16,17). The van der Waals surface area contributed by atoms with Crippen LogP contribution in [0.3, 0.4) is 0 Å². The fourth-order valence-corrected chi connectivity index (χ4v) is 1.96. The molecule has 5 N–H and O–H groups in total. The number of methoxy groups -OCH3 is 1. The van der Waals surface area contributed by atoms with Gasteiger partial charge in [0.15, 0.2) is 6.23 Å². The SMILES string of the molecule is COc1cn(C2OC(CO)C(N)C2O)c(=O)[nH]c1=O. The van der Waals surface area contributed by atoms with Crippen LogP contribution >= 0.6 is 0 Å². The van der Waals surface area contributed by atoms with Crippen molar-refractivity contribution < 1.29 is 19.7 Å². The Labute approximate surface area is 107 Å². The summed E-state index contributed by atoms with van der Waals surface area (Å²) in [6.07, 6.45) is -1.94. The maximum atomic E-state index is 11.7. The number of hydrogen-bond donors (Lipinski definition) is 4. The Kier molecular flexibility index (Phi) is 3.71. The highest BCUT2D eigenvalue weighted by Crippen LogP contribution is 2.27. The molecular formula is C10H15N3O6. The monoisotopic (exact) mass is 273 g/mol. The molecule has 1 fully saturated rings. The molecular weight excluding hydrogens is 258 g/mol. The maximum Gasteiger partial charge on any atom is 0.330 e. The second-order valence-corrected chi connectivity index (χ2v) is 4.18. The Morgan fingerprint density at radius 3 is 2.79 bits per heavy atom. The molecule has 0 spiro atoms. The lowest BCUT2D eigenvalue weighted by Gasteiger charge is -2.17. The summed E-state index contributed by atoms with van der Waals surface area (Å²) in [4.78, 5) is 25.1. The zero-order chi connectivity index (χ0) is 14.2. The first kappa shape index (κ1) is 13.7. The van der Waals surface area contributed by atoms with Crippen molar-refractivity contribution in [3.8, 4) is 5.75 Å². The zero-order valence-electron chi connectivity index (χ0n) is 10.1. The first-order chi connectivity index (χ1) is 8.99. The Morgan fingerprint density at radius 2 is 2.26 bits per heavy atom. The lowest BCUT2D eigenvalue weighted by Crippen LogP contribution is -2.42. The second kappa shape index (κ2) is 5.13. The molecule has 106 valence electrons. The van der Waals surface area contributed by atoms with E-state index in [2.05, 4.69) is 0 Å². The van der Waals surface area contributed by atoms with Crippen LogP contribution < -0.4 is 21.7 Å². The van der Waals surface area contributed by atoms with Gasteiger partial charge in [0.25, 0.3) is 5.56 Å². The van der Waals surface area contributed by atoms with Crippen molar-refractivity contribution >= 4 is 0 Å². The summed E-state index contributed by atoms with van der Waals surface area (Å²) in [6.45, 7) is -0.385. The summed E-state index contributed by atoms with van der Waals surface area (Å²) < 4.78 is 11.1. The molecule has 1 aromatic heterocycles. The average molecular weight is 273 g/mol. The van der Waals surface area contributed by atoms with Gasteiger partial charge in [0, 0.05) is 0 Å². The predicted octanol–water partition coefficient (Wildman–Crippen LogP) is -2.88. The summed E-state index contributed by atoms with van der Waals surface area (Å²) in [6, 6.07) is -0.833. The van der Waals surface area contributed by atoms with Crippen molar-refractivity contribution in [1.29, 1.82) is 0 Å². The predicted molar refractivity (Wildman–Crippen MR) is 62.9 cm³/mol. The number of nitrogens with zero attached hydrogens (tertiary/aromatic N) is 1. The molecule has 0 bridgehead atoms. The van der Waals surface area contributed by atoms with E-state index in [1.165, 1.54) is 7.11 Å². The summed E-state index contributed by atoms with van der Waals surface area (Å²) in [7, 11) is 1.27. The summed E-state index contributed by atoms with van der Waals surface area (Å²) in [5.74, 6) is -0.101. The number of aliphatic hydroxyl groups is 2. The molecule has 0 aliphatic carbocycles. The minimum atomic E-state index is -1.19. The van der Waals surface area contributed by atoms with Crippen LogP contribution in [0.1, 0.15) is 6.23 Å². The molecule has 9 nitrogen and oxygen atoms in total. The third-order valence-electron chi connectivity index (χ3n) is 3.04. The first-order valence-corrected chi connectivity index (χ1v) is 5.59. The average Bonchev–Trinajstić information content (AvgIpc) is 2.67. The minimum Gasteiger partial charge on any atom is -0.490 e. The number of hydrogen-bond acceptors (Lipinski definition) is 7. The van der Waals surface area contributed by atoms with Crippen LogP contribution in [-0.2, 0) is 4.74 Å². The van der Waals surface area contributed by atoms with Crippen LogP contribution in [-0.4, -0.2) is 51.7 Å². The first-order valence-electron chi connectivity index (χ1n) is 5.59. The van der Waals surface area contributed by atoms with Crippen LogP contribution in [0.25, 0.3) is 0 Å². The lowest BCUT2D eigenvalue weighted by molar-refractivity contribution is -0.0534. The largest absolute Gasteiger partial charge is 0.490 e. The van der Waals surface area contributed by atoms with E-state index in [-0.39, 0.29) is 12.4 Å². The van der Waals surface area contributed by atoms with E-state index in [0.717, 1.165) is 10.8 Å². The molecule has 19 heavy (non-hydrogen) atoms. The summed E-state index contributed by atoms with van der Waals surface area (Å²) >= 11 is 0. The molecule has 4 unspecified atom stereocenters. The van der Waals surface area contributed by atoms with Gasteiger partial charge in [-0.15, -0.1) is 0 Å². The van der Waals surface area contributed by atoms with Crippen molar-refractivity contribution in [2.24, 2.45) is 5.73 Å².